The first-order chi connectivity index (χ1) is 12.4. The van der Waals surface area contributed by atoms with Crippen LogP contribution in [0.25, 0.3) is 0 Å². The molecule has 0 unspecified atom stereocenters. The van der Waals surface area contributed by atoms with Crippen LogP contribution in [0.15, 0.2) is 48.5 Å². The molecule has 26 heavy (non-hydrogen) atoms. The molecule has 2 aromatic carbocycles. The first kappa shape index (κ1) is 18.9. The maximum absolute atomic E-state index is 12.1. The average Bonchev–Trinajstić information content (AvgIpc) is 2.66. The minimum Gasteiger partial charge on any atom is -0.490 e. The number of nitrogens with one attached hydrogen (secondary N) is 1. The number of carbonyl (C=O) groups excluding carboxylic acids is 2. The molecule has 1 amide bonds. The van der Waals surface area contributed by atoms with Gasteiger partial charge in [0.05, 0.1) is 17.6 Å². The highest BCUT2D eigenvalue weighted by atomic mass is 16.6. The van der Waals surface area contributed by atoms with Crippen LogP contribution in [0.2, 0.25) is 0 Å². The maximum atomic E-state index is 12.1. The zero-order valence-electron chi connectivity index (χ0n) is 14.3. The molecule has 0 aliphatic heterocycles. The van der Waals surface area contributed by atoms with Gasteiger partial charge < -0.3 is 14.8 Å². The Balaban J connectivity index is 1.98. The van der Waals surface area contributed by atoms with Gasteiger partial charge in [0.2, 0.25) is 0 Å². The minimum atomic E-state index is -1.05. The molecule has 0 spiro atoms. The Morgan fingerprint density at radius 3 is 2.50 bits per heavy atom. The summed E-state index contributed by atoms with van der Waals surface area (Å²) in [6.07, 6.45) is -1.05. The van der Waals surface area contributed by atoms with Crippen molar-refractivity contribution in [1.82, 2.24) is 5.32 Å². The van der Waals surface area contributed by atoms with Gasteiger partial charge in [-0.1, -0.05) is 30.3 Å². The number of hydrogen-bond acceptors (Lipinski definition) is 6. The van der Waals surface area contributed by atoms with Gasteiger partial charge in [-0.3, -0.25) is 14.9 Å². The normalized spacial score (nSPS) is 11.3. The lowest BCUT2D eigenvalue weighted by Crippen LogP contribution is -2.35. The smallest absolute Gasteiger partial charge is 0.339 e. The molecular formula is C18H18N2O6. The van der Waals surface area contributed by atoms with Crippen molar-refractivity contribution in [3.8, 4) is 5.75 Å². The number of nitrogens with zero attached hydrogens (tertiary/aromatic N) is 1. The summed E-state index contributed by atoms with van der Waals surface area (Å²) in [6, 6.07) is 13.0. The summed E-state index contributed by atoms with van der Waals surface area (Å²) in [5.74, 6) is -1.27. The molecule has 0 aliphatic rings. The van der Waals surface area contributed by atoms with Crippen LogP contribution in [0, 0.1) is 10.1 Å². The van der Waals surface area contributed by atoms with Gasteiger partial charge in [-0.15, -0.1) is 0 Å². The van der Waals surface area contributed by atoms with Crippen LogP contribution in [0.4, 0.5) is 5.69 Å². The lowest BCUT2D eigenvalue weighted by molar-refractivity contribution is -0.385. The van der Waals surface area contributed by atoms with E-state index >= 15 is 0 Å². The molecule has 1 N–H and O–H groups in total. The molecule has 0 fully saturated rings. The second-order valence-corrected chi connectivity index (χ2v) is 5.39. The van der Waals surface area contributed by atoms with Gasteiger partial charge in [0.25, 0.3) is 5.91 Å². The molecule has 1 atom stereocenters. The first-order valence-electron chi connectivity index (χ1n) is 7.77. The molecule has 0 saturated carbocycles. The van der Waals surface area contributed by atoms with E-state index in [0.717, 1.165) is 11.6 Å². The van der Waals surface area contributed by atoms with E-state index in [0.29, 0.717) is 6.54 Å². The highest BCUT2D eigenvalue weighted by Crippen LogP contribution is 2.27. The van der Waals surface area contributed by atoms with Crippen molar-refractivity contribution in [2.24, 2.45) is 0 Å². The predicted molar refractivity (Wildman–Crippen MR) is 92.8 cm³/mol. The van der Waals surface area contributed by atoms with E-state index in [2.05, 4.69) is 5.32 Å². The summed E-state index contributed by atoms with van der Waals surface area (Å²) < 4.78 is 9.96. The number of nitro benzene ring substituents is 1. The quantitative estimate of drug-likeness (QED) is 0.463. The van der Waals surface area contributed by atoms with Crippen molar-refractivity contribution in [2.75, 3.05) is 7.11 Å². The number of amides is 1. The number of nitro groups is 1. The molecule has 0 saturated heterocycles. The van der Waals surface area contributed by atoms with E-state index in [-0.39, 0.29) is 17.0 Å². The number of benzene rings is 2. The van der Waals surface area contributed by atoms with Crippen LogP contribution < -0.4 is 10.1 Å². The summed E-state index contributed by atoms with van der Waals surface area (Å²) in [6.45, 7) is 1.73. The average molecular weight is 358 g/mol. The fraction of sp³-hybridized carbons (Fsp3) is 0.222. The number of methoxy groups -OCH3 is 1. The first-order valence-corrected chi connectivity index (χ1v) is 7.77. The van der Waals surface area contributed by atoms with Gasteiger partial charge in [-0.2, -0.15) is 0 Å². The SMILES string of the molecule is COc1ccc(C(=O)O[C@@H](C)C(=O)NCc2ccccc2)cc1[N+](=O)[O-]. The number of carbonyl (C=O) groups is 2. The Kier molecular flexibility index (Phi) is 6.26. The molecule has 136 valence electrons. The van der Waals surface area contributed by atoms with Gasteiger partial charge in [-0.25, -0.2) is 4.79 Å². The Labute approximate surface area is 149 Å². The topological polar surface area (TPSA) is 108 Å². The molecule has 2 aromatic rings. The number of rotatable bonds is 7. The lowest BCUT2D eigenvalue weighted by Gasteiger charge is -2.14. The molecule has 2 rings (SSSR count). The van der Waals surface area contributed by atoms with Gasteiger partial charge >= 0.3 is 11.7 Å². The number of hydrogen-bond donors (Lipinski definition) is 1. The Morgan fingerprint density at radius 1 is 1.19 bits per heavy atom. The third-order valence-electron chi connectivity index (χ3n) is 3.57. The molecule has 8 nitrogen and oxygen atoms in total. The largest absolute Gasteiger partial charge is 0.490 e. The van der Waals surface area contributed by atoms with Crippen molar-refractivity contribution in [2.45, 2.75) is 19.6 Å². The summed E-state index contributed by atoms with van der Waals surface area (Å²) in [4.78, 5) is 34.5. The van der Waals surface area contributed by atoms with E-state index in [1.807, 2.05) is 30.3 Å². The molecular weight excluding hydrogens is 340 g/mol. The summed E-state index contributed by atoms with van der Waals surface area (Å²) in [5, 5.41) is 13.7. The van der Waals surface area contributed by atoms with Crippen molar-refractivity contribution < 1.29 is 24.0 Å². The van der Waals surface area contributed by atoms with Crippen LogP contribution in [-0.4, -0.2) is 30.0 Å². The Bertz CT molecular complexity index is 807. The molecule has 0 radical (unpaired) electrons. The molecule has 0 heterocycles. The van der Waals surface area contributed by atoms with E-state index in [1.54, 1.807) is 0 Å². The fourth-order valence-corrected chi connectivity index (χ4v) is 2.17. The second kappa shape index (κ2) is 8.61. The van der Waals surface area contributed by atoms with Crippen LogP contribution in [-0.2, 0) is 16.1 Å². The van der Waals surface area contributed by atoms with Gasteiger partial charge in [0.15, 0.2) is 11.9 Å². The number of ether oxygens (including phenoxy) is 2. The molecule has 0 aromatic heterocycles. The fourth-order valence-electron chi connectivity index (χ4n) is 2.17. The van der Waals surface area contributed by atoms with E-state index < -0.39 is 22.9 Å². The van der Waals surface area contributed by atoms with E-state index in [1.165, 1.54) is 26.2 Å². The standard InChI is InChI=1S/C18H18N2O6/c1-12(17(21)19-11-13-6-4-3-5-7-13)26-18(22)14-8-9-16(25-2)15(10-14)20(23)24/h3-10,12H,11H2,1-2H3,(H,19,21)/t12-/m0/s1. The van der Waals surface area contributed by atoms with Crippen LogP contribution >= 0.6 is 0 Å². The van der Waals surface area contributed by atoms with Crippen molar-refractivity contribution in [3.05, 3.63) is 69.8 Å². The maximum Gasteiger partial charge on any atom is 0.339 e. The highest BCUT2D eigenvalue weighted by Gasteiger charge is 2.22. The van der Waals surface area contributed by atoms with Crippen LogP contribution in [0.1, 0.15) is 22.8 Å². The summed E-state index contributed by atoms with van der Waals surface area (Å²) in [5.41, 5.74) is 0.508. The Hall–Kier alpha value is -3.42. The van der Waals surface area contributed by atoms with E-state index in [9.17, 15) is 19.7 Å². The van der Waals surface area contributed by atoms with Gasteiger partial charge in [-0.05, 0) is 24.6 Å². The second-order valence-electron chi connectivity index (χ2n) is 5.39. The molecule has 0 bridgehead atoms. The van der Waals surface area contributed by atoms with Crippen LogP contribution in [0.5, 0.6) is 5.75 Å². The zero-order valence-corrected chi connectivity index (χ0v) is 14.3. The number of esters is 1. The van der Waals surface area contributed by atoms with Gasteiger partial charge in [0, 0.05) is 12.6 Å². The lowest BCUT2D eigenvalue weighted by atomic mass is 10.2. The Morgan fingerprint density at radius 2 is 1.88 bits per heavy atom. The molecule has 8 heteroatoms. The van der Waals surface area contributed by atoms with Crippen LogP contribution in [0.3, 0.4) is 0 Å². The van der Waals surface area contributed by atoms with Crippen molar-refractivity contribution in [1.29, 1.82) is 0 Å². The monoisotopic (exact) mass is 358 g/mol. The predicted octanol–water partition coefficient (Wildman–Crippen LogP) is 2.47. The summed E-state index contributed by atoms with van der Waals surface area (Å²) >= 11 is 0. The van der Waals surface area contributed by atoms with E-state index in [4.69, 9.17) is 9.47 Å². The summed E-state index contributed by atoms with van der Waals surface area (Å²) in [7, 11) is 1.29. The third kappa shape index (κ3) is 4.79. The molecule has 0 aliphatic carbocycles. The van der Waals surface area contributed by atoms with Crippen molar-refractivity contribution >= 4 is 17.6 Å². The van der Waals surface area contributed by atoms with Gasteiger partial charge in [0.1, 0.15) is 0 Å². The zero-order chi connectivity index (χ0) is 19.1. The third-order valence-corrected chi connectivity index (χ3v) is 3.57. The minimum absolute atomic E-state index is 0.0280. The van der Waals surface area contributed by atoms with Crippen molar-refractivity contribution in [3.63, 3.8) is 0 Å². The highest BCUT2D eigenvalue weighted by molar-refractivity contribution is 5.93.